The molecule has 19 heavy (non-hydrogen) atoms. The smallest absolute Gasteiger partial charge is 0.245 e. The number of amides is 1. The number of halogens is 1. The van der Waals surface area contributed by atoms with E-state index in [0.717, 1.165) is 11.0 Å². The van der Waals surface area contributed by atoms with Crippen molar-refractivity contribution in [2.75, 3.05) is 13.6 Å². The third-order valence-electron chi connectivity index (χ3n) is 3.30. The molecule has 6 heteroatoms. The molecule has 0 saturated carbocycles. The Kier molecular flexibility index (Phi) is 3.96. The molecule has 1 heterocycles. The van der Waals surface area contributed by atoms with Crippen LogP contribution in [0.25, 0.3) is 11.0 Å². The first-order valence-electron chi connectivity index (χ1n) is 6.11. The predicted octanol–water partition coefficient (Wildman–Crippen LogP) is 3.39. The minimum Gasteiger partial charge on any atom is -0.344 e. The maximum atomic E-state index is 12.3. The van der Waals surface area contributed by atoms with E-state index in [2.05, 4.69) is 4.98 Å². The molecule has 4 nitrogen and oxygen atoms in total. The van der Waals surface area contributed by atoms with Crippen molar-refractivity contribution >= 4 is 40.8 Å². The number of aromatic amines is 1. The van der Waals surface area contributed by atoms with E-state index >= 15 is 0 Å². The predicted molar refractivity (Wildman–Crippen MR) is 80.2 cm³/mol. The molecule has 0 fully saturated rings. The summed E-state index contributed by atoms with van der Waals surface area (Å²) in [6.07, 6.45) is 0. The summed E-state index contributed by atoms with van der Waals surface area (Å²) in [5, 5.41) is 0.603. The number of rotatable bonds is 3. The Labute approximate surface area is 122 Å². The molecule has 2 rings (SSSR count). The SMILES string of the molecule is CCN(C)C(=O)C(C)n1c(=S)[nH]c2c(Cl)cccc21. The van der Waals surface area contributed by atoms with Crippen molar-refractivity contribution in [1.29, 1.82) is 0 Å². The summed E-state index contributed by atoms with van der Waals surface area (Å²) < 4.78 is 2.32. The highest BCUT2D eigenvalue weighted by Crippen LogP contribution is 2.25. The molecule has 0 bridgehead atoms. The van der Waals surface area contributed by atoms with E-state index in [0.29, 0.717) is 16.3 Å². The average Bonchev–Trinajstić information content (AvgIpc) is 2.74. The number of hydrogen-bond acceptors (Lipinski definition) is 2. The molecular weight excluding hydrogens is 282 g/mol. The molecule has 0 aliphatic rings. The van der Waals surface area contributed by atoms with Gasteiger partial charge in [0.2, 0.25) is 5.91 Å². The van der Waals surface area contributed by atoms with Gasteiger partial charge in [-0.3, -0.25) is 4.79 Å². The van der Waals surface area contributed by atoms with Gasteiger partial charge in [0.1, 0.15) is 6.04 Å². The highest BCUT2D eigenvalue weighted by Gasteiger charge is 2.21. The van der Waals surface area contributed by atoms with E-state index in [1.54, 1.807) is 18.0 Å². The molecule has 1 aromatic heterocycles. The molecule has 0 aliphatic carbocycles. The van der Waals surface area contributed by atoms with E-state index in [4.69, 9.17) is 23.8 Å². The van der Waals surface area contributed by atoms with Crippen LogP contribution in [-0.2, 0) is 4.79 Å². The second kappa shape index (κ2) is 5.35. The van der Waals surface area contributed by atoms with Gasteiger partial charge in [0.15, 0.2) is 4.77 Å². The fourth-order valence-corrected chi connectivity index (χ4v) is 2.66. The van der Waals surface area contributed by atoms with Crippen molar-refractivity contribution in [3.63, 3.8) is 0 Å². The molecule has 2 aromatic rings. The Morgan fingerprint density at radius 1 is 1.58 bits per heavy atom. The van der Waals surface area contributed by atoms with E-state index < -0.39 is 0 Å². The standard InChI is InChI=1S/C13H16ClN3OS/c1-4-16(3)12(18)8(2)17-10-7-5-6-9(14)11(10)15-13(17)19/h5-8H,4H2,1-3H3,(H,15,19). The molecule has 0 saturated heterocycles. The van der Waals surface area contributed by atoms with Gasteiger partial charge < -0.3 is 14.5 Å². The van der Waals surface area contributed by atoms with Crippen LogP contribution in [0.4, 0.5) is 0 Å². The van der Waals surface area contributed by atoms with Crippen LogP contribution < -0.4 is 0 Å². The number of likely N-dealkylation sites (N-methyl/N-ethyl adjacent to an activating group) is 1. The summed E-state index contributed by atoms with van der Waals surface area (Å²) in [5.41, 5.74) is 1.62. The van der Waals surface area contributed by atoms with Crippen LogP contribution in [0.5, 0.6) is 0 Å². The summed E-state index contributed by atoms with van der Waals surface area (Å²) in [6.45, 7) is 4.45. The van der Waals surface area contributed by atoms with Crippen LogP contribution in [0, 0.1) is 4.77 Å². The van der Waals surface area contributed by atoms with Crippen LogP contribution in [0.1, 0.15) is 19.9 Å². The number of nitrogens with one attached hydrogen (secondary N) is 1. The van der Waals surface area contributed by atoms with E-state index in [-0.39, 0.29) is 11.9 Å². The number of carbonyl (C=O) groups is 1. The molecule has 1 N–H and O–H groups in total. The number of hydrogen-bond donors (Lipinski definition) is 1. The van der Waals surface area contributed by atoms with Gasteiger partial charge in [0.25, 0.3) is 0 Å². The number of fused-ring (bicyclic) bond motifs is 1. The van der Waals surface area contributed by atoms with E-state index in [1.807, 2.05) is 30.5 Å². The van der Waals surface area contributed by atoms with Gasteiger partial charge in [-0.1, -0.05) is 17.7 Å². The van der Waals surface area contributed by atoms with Gasteiger partial charge in [0.05, 0.1) is 16.1 Å². The molecule has 1 aromatic carbocycles. The van der Waals surface area contributed by atoms with Gasteiger partial charge in [-0.05, 0) is 38.2 Å². The minimum atomic E-state index is -0.357. The number of aromatic nitrogens is 2. The van der Waals surface area contributed by atoms with Crippen molar-refractivity contribution in [3.05, 3.63) is 28.0 Å². The first-order valence-corrected chi connectivity index (χ1v) is 6.89. The molecule has 0 radical (unpaired) electrons. The fraction of sp³-hybridized carbons (Fsp3) is 0.385. The first kappa shape index (κ1) is 14.1. The summed E-state index contributed by atoms with van der Waals surface area (Å²) in [4.78, 5) is 17.0. The van der Waals surface area contributed by atoms with Crippen LogP contribution in [0.15, 0.2) is 18.2 Å². The third-order valence-corrected chi connectivity index (χ3v) is 3.91. The monoisotopic (exact) mass is 297 g/mol. The highest BCUT2D eigenvalue weighted by atomic mass is 35.5. The maximum Gasteiger partial charge on any atom is 0.245 e. The van der Waals surface area contributed by atoms with Gasteiger partial charge in [-0.15, -0.1) is 0 Å². The topological polar surface area (TPSA) is 41.0 Å². The molecule has 102 valence electrons. The molecule has 0 spiro atoms. The number of imidazole rings is 1. The van der Waals surface area contributed by atoms with Gasteiger partial charge >= 0.3 is 0 Å². The lowest BCUT2D eigenvalue weighted by Crippen LogP contribution is -2.32. The summed E-state index contributed by atoms with van der Waals surface area (Å²) in [5.74, 6) is 0.0273. The zero-order chi connectivity index (χ0) is 14.2. The third kappa shape index (κ3) is 2.40. The van der Waals surface area contributed by atoms with Gasteiger partial charge in [0, 0.05) is 13.6 Å². The molecule has 1 unspecified atom stereocenters. The Bertz CT molecular complexity index is 676. The zero-order valence-electron chi connectivity index (χ0n) is 11.1. The van der Waals surface area contributed by atoms with Crippen molar-refractivity contribution in [2.24, 2.45) is 0 Å². The quantitative estimate of drug-likeness (QED) is 0.882. The summed E-state index contributed by atoms with van der Waals surface area (Å²) in [6, 6.07) is 5.20. The number of carbonyl (C=O) groups excluding carboxylic acids is 1. The highest BCUT2D eigenvalue weighted by molar-refractivity contribution is 7.71. The van der Waals surface area contributed by atoms with Crippen molar-refractivity contribution in [2.45, 2.75) is 19.9 Å². The lowest BCUT2D eigenvalue weighted by Gasteiger charge is -2.21. The van der Waals surface area contributed by atoms with Crippen molar-refractivity contribution in [1.82, 2.24) is 14.5 Å². The lowest BCUT2D eigenvalue weighted by molar-refractivity contribution is -0.132. The first-order chi connectivity index (χ1) is 8.97. The Balaban J connectivity index is 2.57. The summed E-state index contributed by atoms with van der Waals surface area (Å²) >= 11 is 11.4. The average molecular weight is 298 g/mol. The number of H-pyrrole nitrogens is 1. The Hall–Kier alpha value is -1.33. The molecule has 0 aliphatic heterocycles. The van der Waals surface area contributed by atoms with Crippen LogP contribution in [0.2, 0.25) is 5.02 Å². The van der Waals surface area contributed by atoms with Crippen molar-refractivity contribution in [3.8, 4) is 0 Å². The number of nitrogens with zero attached hydrogens (tertiary/aromatic N) is 2. The largest absolute Gasteiger partial charge is 0.344 e. The van der Waals surface area contributed by atoms with E-state index in [1.165, 1.54) is 0 Å². The number of benzene rings is 1. The molecule has 1 atom stereocenters. The molecule has 1 amide bonds. The second-order valence-corrected chi connectivity index (χ2v) is 5.26. The molecular formula is C13H16ClN3OS. The normalized spacial score (nSPS) is 12.6. The van der Waals surface area contributed by atoms with Crippen molar-refractivity contribution < 1.29 is 4.79 Å². The lowest BCUT2D eigenvalue weighted by atomic mass is 10.2. The van der Waals surface area contributed by atoms with Gasteiger partial charge in [-0.2, -0.15) is 0 Å². The second-order valence-electron chi connectivity index (χ2n) is 4.46. The van der Waals surface area contributed by atoms with Crippen LogP contribution in [0.3, 0.4) is 0 Å². The zero-order valence-corrected chi connectivity index (χ0v) is 12.7. The van der Waals surface area contributed by atoms with Crippen LogP contribution in [-0.4, -0.2) is 34.0 Å². The van der Waals surface area contributed by atoms with E-state index in [9.17, 15) is 4.79 Å². The minimum absolute atomic E-state index is 0.0273. The maximum absolute atomic E-state index is 12.3. The Morgan fingerprint density at radius 3 is 2.89 bits per heavy atom. The summed E-state index contributed by atoms with van der Waals surface area (Å²) in [7, 11) is 1.78. The Morgan fingerprint density at radius 2 is 2.26 bits per heavy atom. The fourth-order valence-electron chi connectivity index (χ4n) is 2.08. The van der Waals surface area contributed by atoms with Crippen LogP contribution >= 0.6 is 23.8 Å². The van der Waals surface area contributed by atoms with Gasteiger partial charge in [-0.25, -0.2) is 0 Å². The number of para-hydroxylation sites is 1.